The van der Waals surface area contributed by atoms with Crippen molar-refractivity contribution in [3.63, 3.8) is 0 Å². The quantitative estimate of drug-likeness (QED) is 0.647. The standard InChI is InChI=1S/C6H10N2O3/c1-4(2)3-8-5(9)7-6(10)11-8/h4H,3H2,1-2H3,(H,7,9,10). The third-order valence-corrected chi connectivity index (χ3v) is 1.16. The summed E-state index contributed by atoms with van der Waals surface area (Å²) in [7, 11) is 0. The first-order valence-corrected chi connectivity index (χ1v) is 3.40. The predicted octanol–water partition coefficient (Wildman–Crippen LogP) is -0.214. The zero-order chi connectivity index (χ0) is 8.43. The Morgan fingerprint density at radius 3 is 2.55 bits per heavy atom. The van der Waals surface area contributed by atoms with Gasteiger partial charge in [0.05, 0.1) is 6.54 Å². The highest BCUT2D eigenvalue weighted by Crippen LogP contribution is 1.92. The molecule has 0 spiro atoms. The molecule has 1 aromatic rings. The molecule has 11 heavy (non-hydrogen) atoms. The summed E-state index contributed by atoms with van der Waals surface area (Å²) in [6.07, 6.45) is 0. The first-order chi connectivity index (χ1) is 5.09. The molecule has 0 saturated heterocycles. The molecule has 1 aromatic heterocycles. The van der Waals surface area contributed by atoms with Crippen molar-refractivity contribution in [3.8, 4) is 0 Å². The van der Waals surface area contributed by atoms with E-state index in [0.29, 0.717) is 6.54 Å². The van der Waals surface area contributed by atoms with E-state index in [1.54, 1.807) is 0 Å². The van der Waals surface area contributed by atoms with Crippen molar-refractivity contribution in [2.45, 2.75) is 20.4 Å². The Morgan fingerprint density at radius 2 is 2.18 bits per heavy atom. The number of aromatic nitrogens is 2. The number of H-pyrrole nitrogens is 1. The molecule has 0 amide bonds. The maximum atomic E-state index is 10.8. The second kappa shape index (κ2) is 2.77. The Labute approximate surface area is 62.6 Å². The smallest absolute Gasteiger partial charge is 0.317 e. The molecule has 0 aliphatic heterocycles. The zero-order valence-electron chi connectivity index (χ0n) is 6.46. The van der Waals surface area contributed by atoms with Crippen LogP contribution in [0.3, 0.4) is 0 Å². The van der Waals surface area contributed by atoms with Gasteiger partial charge in [-0.3, -0.25) is 0 Å². The molecule has 5 heteroatoms. The van der Waals surface area contributed by atoms with Gasteiger partial charge in [0.1, 0.15) is 0 Å². The molecule has 1 heterocycles. The van der Waals surface area contributed by atoms with Crippen LogP contribution < -0.4 is 11.4 Å². The molecule has 0 saturated carbocycles. The van der Waals surface area contributed by atoms with E-state index in [0.717, 1.165) is 4.74 Å². The molecule has 0 aromatic carbocycles. The average Bonchev–Trinajstić information content (AvgIpc) is 2.09. The SMILES string of the molecule is CC(C)Cn1oc(=O)[nH]c1=O. The van der Waals surface area contributed by atoms with Crippen molar-refractivity contribution in [2.75, 3.05) is 0 Å². The Morgan fingerprint density at radius 1 is 1.55 bits per heavy atom. The summed E-state index contributed by atoms with van der Waals surface area (Å²) in [5, 5.41) is 0. The summed E-state index contributed by atoms with van der Waals surface area (Å²) < 4.78 is 5.54. The Balaban J connectivity index is 2.95. The molecule has 1 N–H and O–H groups in total. The fourth-order valence-electron chi connectivity index (χ4n) is 0.766. The lowest BCUT2D eigenvalue weighted by molar-refractivity contribution is 0.220. The highest BCUT2D eigenvalue weighted by Gasteiger charge is 2.03. The maximum absolute atomic E-state index is 10.8. The summed E-state index contributed by atoms with van der Waals surface area (Å²) >= 11 is 0. The van der Waals surface area contributed by atoms with Gasteiger partial charge in [-0.15, -0.1) is 0 Å². The highest BCUT2D eigenvalue weighted by molar-refractivity contribution is 4.56. The molecule has 0 radical (unpaired) electrons. The number of aromatic amines is 1. The van der Waals surface area contributed by atoms with Crippen molar-refractivity contribution >= 4 is 0 Å². The predicted molar refractivity (Wildman–Crippen MR) is 38.4 cm³/mol. The van der Waals surface area contributed by atoms with Crippen LogP contribution in [0.5, 0.6) is 0 Å². The Kier molecular flexibility index (Phi) is 1.98. The number of hydrogen-bond acceptors (Lipinski definition) is 3. The van der Waals surface area contributed by atoms with Gasteiger partial charge >= 0.3 is 11.4 Å². The summed E-state index contributed by atoms with van der Waals surface area (Å²) in [6.45, 7) is 4.29. The Bertz CT molecular complexity index is 330. The van der Waals surface area contributed by atoms with E-state index in [9.17, 15) is 9.59 Å². The molecule has 0 atom stereocenters. The van der Waals surface area contributed by atoms with E-state index < -0.39 is 11.4 Å². The number of hydrogen-bond donors (Lipinski definition) is 1. The van der Waals surface area contributed by atoms with Gasteiger partial charge in [-0.25, -0.2) is 14.6 Å². The molecule has 62 valence electrons. The molecule has 0 fully saturated rings. The lowest BCUT2D eigenvalue weighted by atomic mass is 10.2. The third kappa shape index (κ3) is 1.83. The lowest BCUT2D eigenvalue weighted by Gasteiger charge is -1.99. The van der Waals surface area contributed by atoms with Crippen LogP contribution in [-0.2, 0) is 6.54 Å². The van der Waals surface area contributed by atoms with Crippen LogP contribution >= 0.6 is 0 Å². The van der Waals surface area contributed by atoms with E-state index in [4.69, 9.17) is 0 Å². The summed E-state index contributed by atoms with van der Waals surface area (Å²) in [5.74, 6) is -0.415. The van der Waals surface area contributed by atoms with Crippen molar-refractivity contribution in [1.82, 2.24) is 9.72 Å². The van der Waals surface area contributed by atoms with Crippen LogP contribution in [0.25, 0.3) is 0 Å². The molecule has 0 unspecified atom stereocenters. The Hall–Kier alpha value is -1.26. The van der Waals surface area contributed by atoms with Gasteiger partial charge in [0.25, 0.3) is 0 Å². The minimum absolute atomic E-state index is 0.284. The van der Waals surface area contributed by atoms with Crippen molar-refractivity contribution in [1.29, 1.82) is 0 Å². The molecule has 1 rings (SSSR count). The summed E-state index contributed by atoms with van der Waals surface area (Å²) in [4.78, 5) is 23.2. The number of rotatable bonds is 2. The van der Waals surface area contributed by atoms with Gasteiger partial charge < -0.3 is 4.52 Å². The van der Waals surface area contributed by atoms with Gasteiger partial charge in [-0.1, -0.05) is 13.8 Å². The maximum Gasteiger partial charge on any atom is 0.440 e. The van der Waals surface area contributed by atoms with Crippen LogP contribution in [0.4, 0.5) is 0 Å². The van der Waals surface area contributed by atoms with Crippen LogP contribution in [0.1, 0.15) is 13.8 Å². The molecular weight excluding hydrogens is 148 g/mol. The first kappa shape index (κ1) is 7.84. The van der Waals surface area contributed by atoms with Crippen molar-refractivity contribution < 1.29 is 4.52 Å². The summed E-state index contributed by atoms with van der Waals surface area (Å²) in [6, 6.07) is 0. The number of nitrogens with one attached hydrogen (secondary N) is 1. The van der Waals surface area contributed by atoms with Gasteiger partial charge in [0, 0.05) is 0 Å². The molecule has 0 aliphatic carbocycles. The van der Waals surface area contributed by atoms with Gasteiger partial charge in [0.15, 0.2) is 0 Å². The van der Waals surface area contributed by atoms with Gasteiger partial charge in [-0.05, 0) is 5.92 Å². The number of nitrogens with zero attached hydrogens (tertiary/aromatic N) is 1. The van der Waals surface area contributed by atoms with Gasteiger partial charge in [-0.2, -0.15) is 4.74 Å². The van der Waals surface area contributed by atoms with E-state index in [-0.39, 0.29) is 5.92 Å². The molecule has 5 nitrogen and oxygen atoms in total. The van der Waals surface area contributed by atoms with E-state index in [1.165, 1.54) is 0 Å². The summed E-state index contributed by atoms with van der Waals surface area (Å²) in [5.41, 5.74) is -0.483. The molecule has 0 aliphatic rings. The zero-order valence-corrected chi connectivity index (χ0v) is 6.46. The first-order valence-electron chi connectivity index (χ1n) is 3.40. The fourth-order valence-corrected chi connectivity index (χ4v) is 0.766. The second-order valence-electron chi connectivity index (χ2n) is 2.76. The topological polar surface area (TPSA) is 68.0 Å². The second-order valence-corrected chi connectivity index (χ2v) is 2.76. The highest BCUT2D eigenvalue weighted by atomic mass is 16.5. The van der Waals surface area contributed by atoms with Crippen LogP contribution in [0, 0.1) is 5.92 Å². The van der Waals surface area contributed by atoms with Crippen LogP contribution in [0.2, 0.25) is 0 Å². The van der Waals surface area contributed by atoms with Crippen LogP contribution in [-0.4, -0.2) is 9.72 Å². The van der Waals surface area contributed by atoms with E-state index in [1.807, 2.05) is 18.8 Å². The molecule has 0 bridgehead atoms. The van der Waals surface area contributed by atoms with Crippen LogP contribution in [0.15, 0.2) is 14.1 Å². The van der Waals surface area contributed by atoms with Gasteiger partial charge in [0.2, 0.25) is 0 Å². The minimum Gasteiger partial charge on any atom is -0.317 e. The van der Waals surface area contributed by atoms with E-state index in [2.05, 4.69) is 4.52 Å². The fraction of sp³-hybridized carbons (Fsp3) is 0.667. The molecular formula is C6H10N2O3. The van der Waals surface area contributed by atoms with E-state index >= 15 is 0 Å². The van der Waals surface area contributed by atoms with Crippen molar-refractivity contribution in [3.05, 3.63) is 21.0 Å². The average molecular weight is 158 g/mol. The lowest BCUT2D eigenvalue weighted by Crippen LogP contribution is -2.19. The largest absolute Gasteiger partial charge is 0.440 e. The monoisotopic (exact) mass is 158 g/mol. The van der Waals surface area contributed by atoms with Crippen molar-refractivity contribution in [2.24, 2.45) is 5.92 Å². The normalized spacial score (nSPS) is 10.8. The minimum atomic E-state index is -0.698. The third-order valence-electron chi connectivity index (χ3n) is 1.16.